The van der Waals surface area contributed by atoms with Gasteiger partial charge in [-0.1, -0.05) is 42.5 Å². The summed E-state index contributed by atoms with van der Waals surface area (Å²) in [5.74, 6) is -0.681. The maximum absolute atomic E-state index is 12.3. The first-order chi connectivity index (χ1) is 12.4. The Kier molecular flexibility index (Phi) is 5.37. The summed E-state index contributed by atoms with van der Waals surface area (Å²) in [6.07, 6.45) is 0.418. The van der Waals surface area contributed by atoms with Crippen LogP contribution in [0.25, 0.3) is 11.1 Å². The zero-order valence-electron chi connectivity index (χ0n) is 14.1. The third kappa shape index (κ3) is 4.70. The van der Waals surface area contributed by atoms with E-state index in [0.717, 1.165) is 11.1 Å². The van der Waals surface area contributed by atoms with Crippen LogP contribution in [0.2, 0.25) is 0 Å². The van der Waals surface area contributed by atoms with Crippen molar-refractivity contribution in [2.45, 2.75) is 12.5 Å². The molecule has 0 saturated carbocycles. The maximum atomic E-state index is 12.3. The molecule has 1 heterocycles. The molecule has 26 heavy (non-hydrogen) atoms. The summed E-state index contributed by atoms with van der Waals surface area (Å²) in [7, 11) is -3.05. The largest absolute Gasteiger partial charge is 0.351 e. The van der Waals surface area contributed by atoms with E-state index < -0.39 is 9.84 Å². The van der Waals surface area contributed by atoms with Crippen LogP contribution in [0, 0.1) is 0 Å². The number of amides is 2. The Bertz CT molecular complexity index is 910. The minimum Gasteiger partial charge on any atom is -0.351 e. The molecule has 1 fully saturated rings. The van der Waals surface area contributed by atoms with Gasteiger partial charge in [0, 0.05) is 11.6 Å². The van der Waals surface area contributed by atoms with Crippen molar-refractivity contribution in [1.29, 1.82) is 0 Å². The quantitative estimate of drug-likeness (QED) is 0.830. The topological polar surface area (TPSA) is 92.3 Å². The van der Waals surface area contributed by atoms with E-state index in [9.17, 15) is 18.0 Å². The molecular weight excluding hydrogens is 352 g/mol. The van der Waals surface area contributed by atoms with E-state index in [4.69, 9.17) is 0 Å². The lowest BCUT2D eigenvalue weighted by molar-refractivity contribution is -0.120. The molecule has 0 bridgehead atoms. The fourth-order valence-corrected chi connectivity index (χ4v) is 4.59. The van der Waals surface area contributed by atoms with Gasteiger partial charge in [0.05, 0.1) is 18.1 Å². The molecule has 0 spiro atoms. The molecule has 3 rings (SSSR count). The second-order valence-electron chi connectivity index (χ2n) is 6.30. The minimum absolute atomic E-state index is 0.0359. The molecule has 0 aliphatic carbocycles. The normalized spacial score (nSPS) is 18.2. The highest BCUT2D eigenvalue weighted by Gasteiger charge is 2.28. The molecule has 2 amide bonds. The van der Waals surface area contributed by atoms with Gasteiger partial charge in [0.1, 0.15) is 0 Å². The van der Waals surface area contributed by atoms with Gasteiger partial charge in [-0.05, 0) is 29.7 Å². The van der Waals surface area contributed by atoms with Crippen LogP contribution in [-0.4, -0.2) is 44.3 Å². The summed E-state index contributed by atoms with van der Waals surface area (Å²) in [6, 6.07) is 16.5. The van der Waals surface area contributed by atoms with Crippen LogP contribution in [-0.2, 0) is 14.6 Å². The molecule has 7 heteroatoms. The van der Waals surface area contributed by atoms with Gasteiger partial charge in [0.2, 0.25) is 5.91 Å². The van der Waals surface area contributed by atoms with E-state index in [1.54, 1.807) is 18.2 Å². The van der Waals surface area contributed by atoms with Gasteiger partial charge >= 0.3 is 0 Å². The monoisotopic (exact) mass is 372 g/mol. The number of hydrogen-bond acceptors (Lipinski definition) is 4. The number of carbonyl (C=O) groups excluding carboxylic acids is 2. The molecule has 1 unspecified atom stereocenters. The molecule has 1 atom stereocenters. The van der Waals surface area contributed by atoms with Crippen molar-refractivity contribution >= 4 is 21.7 Å². The Balaban J connectivity index is 1.56. The Morgan fingerprint density at radius 2 is 1.73 bits per heavy atom. The van der Waals surface area contributed by atoms with Gasteiger partial charge in [-0.25, -0.2) is 8.42 Å². The van der Waals surface area contributed by atoms with Gasteiger partial charge in [-0.15, -0.1) is 0 Å². The summed E-state index contributed by atoms with van der Waals surface area (Å²) in [4.78, 5) is 24.2. The van der Waals surface area contributed by atoms with Crippen LogP contribution in [0.1, 0.15) is 16.8 Å². The van der Waals surface area contributed by atoms with Crippen molar-refractivity contribution in [3.8, 4) is 11.1 Å². The zero-order chi connectivity index (χ0) is 18.6. The van der Waals surface area contributed by atoms with Crippen LogP contribution in [0.3, 0.4) is 0 Å². The molecule has 0 radical (unpaired) electrons. The molecule has 1 aliphatic heterocycles. The molecule has 0 aromatic heterocycles. The van der Waals surface area contributed by atoms with Crippen molar-refractivity contribution < 1.29 is 18.0 Å². The van der Waals surface area contributed by atoms with E-state index in [0.29, 0.717) is 12.0 Å². The number of hydrogen-bond donors (Lipinski definition) is 2. The number of benzene rings is 2. The van der Waals surface area contributed by atoms with Crippen molar-refractivity contribution in [2.24, 2.45) is 0 Å². The first-order valence-electron chi connectivity index (χ1n) is 8.36. The Labute approximate surface area is 152 Å². The Morgan fingerprint density at radius 1 is 1.00 bits per heavy atom. The van der Waals surface area contributed by atoms with E-state index >= 15 is 0 Å². The smallest absolute Gasteiger partial charge is 0.251 e. The molecule has 1 aliphatic rings. The van der Waals surface area contributed by atoms with E-state index in [1.165, 1.54) is 0 Å². The lowest BCUT2D eigenvalue weighted by atomic mass is 10.0. The van der Waals surface area contributed by atoms with Crippen LogP contribution in [0.4, 0.5) is 0 Å². The predicted molar refractivity (Wildman–Crippen MR) is 99.4 cm³/mol. The summed E-state index contributed by atoms with van der Waals surface area (Å²) < 4.78 is 22.8. The van der Waals surface area contributed by atoms with Gasteiger partial charge < -0.3 is 10.6 Å². The summed E-state index contributed by atoms with van der Waals surface area (Å²) >= 11 is 0. The first-order valence-corrected chi connectivity index (χ1v) is 10.2. The summed E-state index contributed by atoms with van der Waals surface area (Å²) in [5, 5.41) is 5.22. The summed E-state index contributed by atoms with van der Waals surface area (Å²) in [5.41, 5.74) is 2.38. The average Bonchev–Trinajstić information content (AvgIpc) is 2.99. The van der Waals surface area contributed by atoms with Crippen molar-refractivity contribution in [3.63, 3.8) is 0 Å². The van der Waals surface area contributed by atoms with Gasteiger partial charge in [-0.2, -0.15) is 0 Å². The lowest BCUT2D eigenvalue weighted by Gasteiger charge is -2.11. The van der Waals surface area contributed by atoms with Gasteiger partial charge in [0.15, 0.2) is 9.84 Å². The Hall–Kier alpha value is -2.67. The number of rotatable bonds is 5. The maximum Gasteiger partial charge on any atom is 0.251 e. The molecule has 2 aromatic carbocycles. The second kappa shape index (κ2) is 7.70. The van der Waals surface area contributed by atoms with Crippen LogP contribution < -0.4 is 10.6 Å². The second-order valence-corrected chi connectivity index (χ2v) is 8.53. The van der Waals surface area contributed by atoms with E-state index in [1.807, 2.05) is 36.4 Å². The van der Waals surface area contributed by atoms with E-state index in [-0.39, 0.29) is 35.9 Å². The lowest BCUT2D eigenvalue weighted by Crippen LogP contribution is -2.42. The third-order valence-corrected chi connectivity index (χ3v) is 6.01. The van der Waals surface area contributed by atoms with Crippen molar-refractivity contribution in [1.82, 2.24) is 10.6 Å². The highest BCUT2D eigenvalue weighted by atomic mass is 32.2. The average molecular weight is 372 g/mol. The minimum atomic E-state index is -3.05. The van der Waals surface area contributed by atoms with Crippen LogP contribution >= 0.6 is 0 Å². The SMILES string of the molecule is O=C(CNC(=O)c1cccc(-c2ccccc2)c1)NC1CCS(=O)(=O)C1. The molecule has 136 valence electrons. The van der Waals surface area contributed by atoms with Crippen molar-refractivity contribution in [2.75, 3.05) is 18.1 Å². The number of nitrogens with one attached hydrogen (secondary N) is 2. The first kappa shape index (κ1) is 18.1. The highest BCUT2D eigenvalue weighted by Crippen LogP contribution is 2.19. The number of carbonyl (C=O) groups is 2. The standard InChI is InChI=1S/C19H20N2O4S/c22-18(21-17-9-10-26(24,25)13-17)12-20-19(23)16-8-4-7-15(11-16)14-5-2-1-3-6-14/h1-8,11,17H,9-10,12-13H2,(H,20,23)(H,21,22). The third-order valence-electron chi connectivity index (χ3n) is 4.24. The van der Waals surface area contributed by atoms with Gasteiger partial charge in [-0.3, -0.25) is 9.59 Å². The number of sulfone groups is 1. The van der Waals surface area contributed by atoms with Gasteiger partial charge in [0.25, 0.3) is 5.91 Å². The van der Waals surface area contributed by atoms with Crippen LogP contribution in [0.5, 0.6) is 0 Å². The fraction of sp³-hybridized carbons (Fsp3) is 0.263. The molecule has 6 nitrogen and oxygen atoms in total. The molecule has 2 N–H and O–H groups in total. The predicted octanol–water partition coefficient (Wildman–Crippen LogP) is 1.39. The molecular formula is C19H20N2O4S. The highest BCUT2D eigenvalue weighted by molar-refractivity contribution is 7.91. The van der Waals surface area contributed by atoms with Crippen molar-refractivity contribution in [3.05, 3.63) is 60.2 Å². The molecule has 2 aromatic rings. The fourth-order valence-electron chi connectivity index (χ4n) is 2.92. The zero-order valence-corrected chi connectivity index (χ0v) is 15.0. The summed E-state index contributed by atoms with van der Waals surface area (Å²) in [6.45, 7) is -0.190. The Morgan fingerprint density at radius 3 is 2.42 bits per heavy atom. The van der Waals surface area contributed by atoms with E-state index in [2.05, 4.69) is 10.6 Å². The molecule has 1 saturated heterocycles. The van der Waals surface area contributed by atoms with Crippen LogP contribution in [0.15, 0.2) is 54.6 Å².